The van der Waals surface area contributed by atoms with E-state index in [4.69, 9.17) is 10.00 Å². The van der Waals surface area contributed by atoms with Crippen molar-refractivity contribution in [2.45, 2.75) is 12.8 Å². The number of Topliss-reactive ketones (excluding diaryl/α,β-unsaturated/α-hetero) is 1. The Balaban J connectivity index is 2.09. The monoisotopic (exact) mass is 322 g/mol. The van der Waals surface area contributed by atoms with Crippen LogP contribution < -0.4 is 10.1 Å². The normalized spacial score (nSPS) is 13.5. The summed E-state index contributed by atoms with van der Waals surface area (Å²) in [7, 11) is -3.55. The van der Waals surface area contributed by atoms with Crippen molar-refractivity contribution in [1.29, 1.82) is 5.26 Å². The molecule has 0 aromatic heterocycles. The first-order valence-electron chi connectivity index (χ1n) is 6.58. The van der Waals surface area contributed by atoms with Gasteiger partial charge in [-0.3, -0.25) is 9.59 Å². The van der Waals surface area contributed by atoms with Crippen LogP contribution in [0, 0.1) is 11.3 Å². The summed E-state index contributed by atoms with van der Waals surface area (Å²) in [6.45, 7) is -0.0897. The van der Waals surface area contributed by atoms with Crippen LogP contribution in [-0.2, 0) is 14.6 Å². The van der Waals surface area contributed by atoms with E-state index in [1.165, 1.54) is 18.2 Å². The number of amides is 1. The molecule has 1 aromatic rings. The Hall–Kier alpha value is -2.40. The maximum absolute atomic E-state index is 12.1. The van der Waals surface area contributed by atoms with Crippen molar-refractivity contribution in [1.82, 2.24) is 0 Å². The number of unbranched alkanes of at least 4 members (excludes halogenated alkanes) is 1. The average Bonchev–Trinajstić information content (AvgIpc) is 2.46. The van der Waals surface area contributed by atoms with Crippen LogP contribution in [0.25, 0.3) is 0 Å². The van der Waals surface area contributed by atoms with Gasteiger partial charge in [0.15, 0.2) is 22.2 Å². The number of ketones is 1. The zero-order valence-corrected chi connectivity index (χ0v) is 12.5. The quantitative estimate of drug-likeness (QED) is 0.615. The summed E-state index contributed by atoms with van der Waals surface area (Å²) in [5, 5.41) is 11.0. The van der Waals surface area contributed by atoms with Crippen LogP contribution in [0.2, 0.25) is 0 Å². The minimum Gasteiger partial charge on any atom is -0.482 e. The summed E-state index contributed by atoms with van der Waals surface area (Å²) in [5.74, 6) is -1.27. The second-order valence-corrected chi connectivity index (χ2v) is 7.01. The molecule has 116 valence electrons. The van der Waals surface area contributed by atoms with E-state index in [0.717, 1.165) is 0 Å². The third kappa shape index (κ3) is 4.05. The molecule has 1 aromatic carbocycles. The Bertz CT molecular complexity index is 749. The number of carbonyl (C=O) groups is 2. The lowest BCUT2D eigenvalue weighted by Crippen LogP contribution is -2.26. The standard InChI is InChI=1S/C14H14N2O5S/c15-5-1-2-6-22(19,20)9-12(17)10-3-4-13-11(7-10)16-14(18)8-21-13/h3-4,7H,1-2,6,8-9H2,(H,16,18). The summed E-state index contributed by atoms with van der Waals surface area (Å²) < 4.78 is 28.8. The molecule has 1 aliphatic heterocycles. The van der Waals surface area contributed by atoms with Gasteiger partial charge in [-0.25, -0.2) is 8.42 Å². The number of anilines is 1. The number of nitrogens with zero attached hydrogens (tertiary/aromatic N) is 1. The van der Waals surface area contributed by atoms with Crippen LogP contribution in [-0.4, -0.2) is 38.2 Å². The summed E-state index contributed by atoms with van der Waals surface area (Å²) >= 11 is 0. The molecule has 0 radical (unpaired) electrons. The van der Waals surface area contributed by atoms with Gasteiger partial charge >= 0.3 is 0 Å². The predicted octanol–water partition coefficient (Wildman–Crippen LogP) is 0.919. The number of rotatable bonds is 6. The molecule has 8 heteroatoms. The van der Waals surface area contributed by atoms with E-state index in [1.807, 2.05) is 6.07 Å². The fourth-order valence-electron chi connectivity index (χ4n) is 1.98. The molecular weight excluding hydrogens is 308 g/mol. The number of benzene rings is 1. The Morgan fingerprint density at radius 2 is 2.18 bits per heavy atom. The van der Waals surface area contributed by atoms with Crippen LogP contribution in [0.15, 0.2) is 18.2 Å². The zero-order chi connectivity index (χ0) is 16.2. The van der Waals surface area contributed by atoms with Crippen molar-refractivity contribution in [2.75, 3.05) is 23.4 Å². The van der Waals surface area contributed by atoms with Crippen molar-refractivity contribution in [3.8, 4) is 11.8 Å². The smallest absolute Gasteiger partial charge is 0.262 e. The topological polar surface area (TPSA) is 113 Å². The van der Waals surface area contributed by atoms with Crippen molar-refractivity contribution in [3.63, 3.8) is 0 Å². The van der Waals surface area contributed by atoms with E-state index in [1.54, 1.807) is 0 Å². The van der Waals surface area contributed by atoms with Gasteiger partial charge in [-0.05, 0) is 24.6 Å². The van der Waals surface area contributed by atoms with Crippen LogP contribution >= 0.6 is 0 Å². The Labute approximate surface area is 127 Å². The minimum atomic E-state index is -3.55. The fraction of sp³-hybridized carbons (Fsp3) is 0.357. The first-order valence-corrected chi connectivity index (χ1v) is 8.41. The first-order chi connectivity index (χ1) is 10.4. The van der Waals surface area contributed by atoms with Crippen molar-refractivity contribution in [3.05, 3.63) is 23.8 Å². The molecular formula is C14H14N2O5S. The average molecular weight is 322 g/mol. The molecule has 1 N–H and O–H groups in total. The molecule has 7 nitrogen and oxygen atoms in total. The van der Waals surface area contributed by atoms with Crippen LogP contribution in [0.4, 0.5) is 5.69 Å². The molecule has 1 aliphatic rings. The van der Waals surface area contributed by atoms with Crippen molar-refractivity contribution < 1.29 is 22.7 Å². The third-order valence-corrected chi connectivity index (χ3v) is 4.64. The van der Waals surface area contributed by atoms with E-state index in [2.05, 4.69) is 5.32 Å². The highest BCUT2D eigenvalue weighted by molar-refractivity contribution is 7.92. The Morgan fingerprint density at radius 3 is 2.91 bits per heavy atom. The van der Waals surface area contributed by atoms with E-state index >= 15 is 0 Å². The van der Waals surface area contributed by atoms with Gasteiger partial charge in [0.2, 0.25) is 0 Å². The molecule has 0 spiro atoms. The Kier molecular flexibility index (Phi) is 4.78. The van der Waals surface area contributed by atoms with Crippen LogP contribution in [0.1, 0.15) is 23.2 Å². The summed E-state index contributed by atoms with van der Waals surface area (Å²) in [6, 6.07) is 6.24. The molecule has 1 heterocycles. The Morgan fingerprint density at radius 1 is 1.41 bits per heavy atom. The number of fused-ring (bicyclic) bond motifs is 1. The highest BCUT2D eigenvalue weighted by Gasteiger charge is 2.21. The van der Waals surface area contributed by atoms with Gasteiger partial charge in [0.05, 0.1) is 17.5 Å². The van der Waals surface area contributed by atoms with Gasteiger partial charge in [0.1, 0.15) is 11.5 Å². The first kappa shape index (κ1) is 16.0. The number of sulfone groups is 1. The van der Waals surface area contributed by atoms with Gasteiger partial charge in [0.25, 0.3) is 5.91 Å². The number of hydrogen-bond acceptors (Lipinski definition) is 6. The van der Waals surface area contributed by atoms with Crippen molar-refractivity contribution >= 4 is 27.2 Å². The summed E-state index contributed by atoms with van der Waals surface area (Å²) in [4.78, 5) is 23.3. The van der Waals surface area contributed by atoms with E-state index in [-0.39, 0.29) is 36.7 Å². The molecule has 0 unspecified atom stereocenters. The molecule has 0 bridgehead atoms. The lowest BCUT2D eigenvalue weighted by molar-refractivity contribution is -0.118. The van der Waals surface area contributed by atoms with Crippen LogP contribution in [0.5, 0.6) is 5.75 Å². The number of hydrogen-bond donors (Lipinski definition) is 1. The van der Waals surface area contributed by atoms with Gasteiger partial charge < -0.3 is 10.1 Å². The van der Waals surface area contributed by atoms with Crippen LogP contribution in [0.3, 0.4) is 0 Å². The second-order valence-electron chi connectivity index (χ2n) is 4.82. The minimum absolute atomic E-state index is 0.0897. The number of nitriles is 1. The van der Waals surface area contributed by atoms with Gasteiger partial charge in [-0.1, -0.05) is 0 Å². The number of carbonyl (C=O) groups excluding carboxylic acids is 2. The van der Waals surface area contributed by atoms with Crippen molar-refractivity contribution in [2.24, 2.45) is 0 Å². The van der Waals surface area contributed by atoms with Gasteiger partial charge in [-0.15, -0.1) is 0 Å². The lowest BCUT2D eigenvalue weighted by Gasteiger charge is -2.18. The molecule has 0 saturated heterocycles. The third-order valence-electron chi connectivity index (χ3n) is 3.03. The SMILES string of the molecule is N#CCCCS(=O)(=O)CC(=O)c1ccc2c(c1)NC(=O)CO2. The molecule has 0 aliphatic carbocycles. The van der Waals surface area contributed by atoms with E-state index in [9.17, 15) is 18.0 Å². The zero-order valence-electron chi connectivity index (χ0n) is 11.7. The maximum Gasteiger partial charge on any atom is 0.262 e. The maximum atomic E-state index is 12.1. The summed E-state index contributed by atoms with van der Waals surface area (Å²) in [5.41, 5.74) is 0.539. The fourth-order valence-corrected chi connectivity index (χ4v) is 3.28. The van der Waals surface area contributed by atoms with Gasteiger partial charge in [0, 0.05) is 12.0 Å². The molecule has 22 heavy (non-hydrogen) atoms. The number of nitrogens with one attached hydrogen (secondary N) is 1. The highest BCUT2D eigenvalue weighted by Crippen LogP contribution is 2.28. The van der Waals surface area contributed by atoms with Gasteiger partial charge in [-0.2, -0.15) is 5.26 Å². The molecule has 0 fully saturated rings. The highest BCUT2D eigenvalue weighted by atomic mass is 32.2. The molecule has 1 amide bonds. The summed E-state index contributed by atoms with van der Waals surface area (Å²) in [6.07, 6.45) is 0.343. The number of ether oxygens (including phenoxy) is 1. The largest absolute Gasteiger partial charge is 0.482 e. The van der Waals surface area contributed by atoms with E-state index < -0.39 is 21.4 Å². The molecule has 0 atom stereocenters. The van der Waals surface area contributed by atoms with E-state index in [0.29, 0.717) is 11.4 Å². The predicted molar refractivity (Wildman–Crippen MR) is 78.4 cm³/mol. The molecule has 2 rings (SSSR count). The lowest BCUT2D eigenvalue weighted by atomic mass is 10.1. The second kappa shape index (κ2) is 6.58. The molecule has 0 saturated carbocycles.